The number of rotatable bonds is 7. The third-order valence-electron chi connectivity index (χ3n) is 4.02. The lowest BCUT2D eigenvalue weighted by Gasteiger charge is -2.12. The van der Waals surface area contributed by atoms with E-state index in [1.807, 2.05) is 6.07 Å². The predicted octanol–water partition coefficient (Wildman–Crippen LogP) is 1.83. The Morgan fingerprint density at radius 1 is 1.00 bits per heavy atom. The lowest BCUT2D eigenvalue weighted by molar-refractivity contribution is -0.117. The van der Waals surface area contributed by atoms with E-state index in [0.717, 1.165) is 11.1 Å². The number of carbonyl (C=O) groups excluding carboxylic acids is 2. The molecular weight excluding hydrogens is 488 g/mol. The smallest absolute Gasteiger partial charge is 0.251 e. The summed E-state index contributed by atoms with van der Waals surface area (Å²) in [4.78, 5) is 26.7. The highest BCUT2D eigenvalue weighted by Gasteiger charge is 2.07. The zero-order valence-corrected chi connectivity index (χ0v) is 18.6. The first-order chi connectivity index (χ1) is 13.4. The van der Waals surface area contributed by atoms with Crippen LogP contribution in [0.3, 0.4) is 0 Å². The molecule has 0 unspecified atom stereocenters. The second kappa shape index (κ2) is 12.0. The van der Waals surface area contributed by atoms with E-state index < -0.39 is 5.91 Å². The van der Waals surface area contributed by atoms with Gasteiger partial charge in [0.2, 0.25) is 5.91 Å². The average molecular weight is 513 g/mol. The van der Waals surface area contributed by atoms with E-state index in [2.05, 4.69) is 20.9 Å². The highest BCUT2D eigenvalue weighted by molar-refractivity contribution is 14.0. The molecule has 0 saturated carbocycles. The number of aliphatic imine (C=N–C) groups is 1. The monoisotopic (exact) mass is 513 g/mol. The van der Waals surface area contributed by atoms with Crippen molar-refractivity contribution in [2.45, 2.75) is 20.0 Å². The first-order valence-corrected chi connectivity index (χ1v) is 8.74. The summed E-state index contributed by atoms with van der Waals surface area (Å²) >= 11 is 0. The fraction of sp³-hybridized carbons (Fsp3) is 0.250. The second-order valence-corrected chi connectivity index (χ2v) is 6.21. The third kappa shape index (κ3) is 8.06. The number of halogens is 2. The summed E-state index contributed by atoms with van der Waals surface area (Å²) in [5.41, 5.74) is 7.81. The number of nitrogens with zero attached hydrogens (tertiary/aromatic N) is 1. The molecule has 0 aliphatic rings. The van der Waals surface area contributed by atoms with Gasteiger partial charge in [0.05, 0.1) is 6.54 Å². The fourth-order valence-corrected chi connectivity index (χ4v) is 2.38. The Kier molecular flexibility index (Phi) is 10.1. The molecule has 0 aromatic heterocycles. The summed E-state index contributed by atoms with van der Waals surface area (Å²) in [7, 11) is 1.65. The quantitative estimate of drug-likeness (QED) is 0.258. The number of nitrogens with two attached hydrogens (primary N) is 1. The molecule has 5 N–H and O–H groups in total. The fourth-order valence-electron chi connectivity index (χ4n) is 2.38. The molecule has 2 amide bonds. The van der Waals surface area contributed by atoms with Crippen LogP contribution in [0, 0.1) is 12.7 Å². The van der Waals surface area contributed by atoms with Crippen LogP contribution in [0.1, 0.15) is 27.0 Å². The summed E-state index contributed by atoms with van der Waals surface area (Å²) in [5.74, 6) is -0.617. The summed E-state index contributed by atoms with van der Waals surface area (Å²) in [6.45, 7) is 2.45. The van der Waals surface area contributed by atoms with Crippen molar-refractivity contribution in [2.24, 2.45) is 10.7 Å². The largest absolute Gasteiger partial charge is 0.368 e. The lowest BCUT2D eigenvalue weighted by atomic mass is 10.1. The molecule has 7 nitrogen and oxygen atoms in total. The summed E-state index contributed by atoms with van der Waals surface area (Å²) in [5, 5.41) is 8.71. The molecule has 0 atom stereocenters. The summed E-state index contributed by atoms with van der Waals surface area (Å²) < 4.78 is 13.6. The Morgan fingerprint density at radius 2 is 1.59 bits per heavy atom. The molecule has 29 heavy (non-hydrogen) atoms. The van der Waals surface area contributed by atoms with Gasteiger partial charge in [0.1, 0.15) is 5.82 Å². The number of hydrogen-bond acceptors (Lipinski definition) is 3. The molecule has 0 fully saturated rings. The molecule has 0 radical (unpaired) electrons. The van der Waals surface area contributed by atoms with Gasteiger partial charge in [0, 0.05) is 25.7 Å². The van der Waals surface area contributed by atoms with Gasteiger partial charge < -0.3 is 21.7 Å². The number of primary amides is 1. The molecule has 0 spiro atoms. The van der Waals surface area contributed by atoms with Gasteiger partial charge in [-0.15, -0.1) is 24.0 Å². The minimum absolute atomic E-state index is 0. The van der Waals surface area contributed by atoms with E-state index in [4.69, 9.17) is 5.73 Å². The van der Waals surface area contributed by atoms with E-state index in [9.17, 15) is 14.0 Å². The lowest BCUT2D eigenvalue weighted by Crippen LogP contribution is -2.36. The summed E-state index contributed by atoms with van der Waals surface area (Å²) in [6.07, 6.45) is 0. The number of nitrogens with one attached hydrogen (secondary N) is 3. The van der Waals surface area contributed by atoms with Crippen LogP contribution < -0.4 is 21.7 Å². The van der Waals surface area contributed by atoms with Gasteiger partial charge in [-0.2, -0.15) is 0 Å². The number of benzene rings is 2. The van der Waals surface area contributed by atoms with Gasteiger partial charge in [-0.25, -0.2) is 4.39 Å². The molecule has 2 rings (SSSR count). The molecule has 9 heteroatoms. The number of amides is 2. The van der Waals surface area contributed by atoms with Gasteiger partial charge in [-0.3, -0.25) is 14.6 Å². The van der Waals surface area contributed by atoms with Crippen molar-refractivity contribution in [2.75, 3.05) is 13.6 Å². The number of carbonyl (C=O) groups is 2. The molecule has 0 saturated heterocycles. The van der Waals surface area contributed by atoms with E-state index in [-0.39, 0.29) is 42.2 Å². The molecule has 2 aromatic rings. The van der Waals surface area contributed by atoms with Crippen molar-refractivity contribution in [3.8, 4) is 0 Å². The zero-order chi connectivity index (χ0) is 20.5. The molecule has 0 aliphatic heterocycles. The minimum atomic E-state index is -0.596. The van der Waals surface area contributed by atoms with Crippen LogP contribution in [0.5, 0.6) is 0 Å². The van der Waals surface area contributed by atoms with E-state index in [1.165, 1.54) is 6.07 Å². The first kappa shape index (κ1) is 24.3. The topological polar surface area (TPSA) is 109 Å². The average Bonchev–Trinajstić information content (AvgIpc) is 2.69. The van der Waals surface area contributed by atoms with Crippen molar-refractivity contribution < 1.29 is 14.0 Å². The van der Waals surface area contributed by atoms with Crippen molar-refractivity contribution in [1.82, 2.24) is 16.0 Å². The van der Waals surface area contributed by atoms with E-state index in [1.54, 1.807) is 44.3 Å². The van der Waals surface area contributed by atoms with E-state index in [0.29, 0.717) is 30.2 Å². The Bertz CT molecular complexity index is 872. The Hall–Kier alpha value is -2.69. The van der Waals surface area contributed by atoms with Crippen LogP contribution in [-0.2, 0) is 17.9 Å². The van der Waals surface area contributed by atoms with Gasteiger partial charge >= 0.3 is 0 Å². The number of aryl methyl sites for hydroxylation is 1. The highest BCUT2D eigenvalue weighted by Crippen LogP contribution is 2.09. The van der Waals surface area contributed by atoms with Crippen molar-refractivity contribution in [3.05, 3.63) is 70.5 Å². The van der Waals surface area contributed by atoms with Crippen molar-refractivity contribution >= 4 is 41.8 Å². The van der Waals surface area contributed by atoms with E-state index >= 15 is 0 Å². The molecule has 0 bridgehead atoms. The van der Waals surface area contributed by atoms with Crippen LogP contribution in [0.2, 0.25) is 0 Å². The molecule has 2 aromatic carbocycles. The Morgan fingerprint density at radius 3 is 2.14 bits per heavy atom. The number of hydrogen-bond donors (Lipinski definition) is 4. The molecule has 0 aliphatic carbocycles. The first-order valence-electron chi connectivity index (χ1n) is 8.74. The third-order valence-corrected chi connectivity index (χ3v) is 4.02. The maximum atomic E-state index is 13.6. The maximum Gasteiger partial charge on any atom is 0.251 e. The van der Waals surface area contributed by atoms with Crippen molar-refractivity contribution in [1.29, 1.82) is 0 Å². The minimum Gasteiger partial charge on any atom is -0.368 e. The van der Waals surface area contributed by atoms with Crippen LogP contribution >= 0.6 is 24.0 Å². The Balaban J connectivity index is 0.00000420. The predicted molar refractivity (Wildman–Crippen MR) is 122 cm³/mol. The maximum absolute atomic E-state index is 13.6. The number of guanidine groups is 1. The Labute approximate surface area is 186 Å². The van der Waals surface area contributed by atoms with Gasteiger partial charge in [-0.1, -0.05) is 24.3 Å². The molecule has 156 valence electrons. The van der Waals surface area contributed by atoms with Crippen LogP contribution in [0.25, 0.3) is 0 Å². The standard InChI is InChI=1S/C20H24FN5O2.HI/c1-13-3-4-15(9-17(13)21)11-26-20(23-2)25-10-14-5-7-16(8-6-14)19(28)24-12-18(22)27;/h3-9H,10-12H2,1-2H3,(H2,22,27)(H,24,28)(H2,23,25,26);1H. The normalized spacial score (nSPS) is 10.7. The molecular formula is C20H25FIN5O2. The second-order valence-electron chi connectivity index (χ2n) is 6.21. The van der Waals surface area contributed by atoms with Gasteiger partial charge in [0.15, 0.2) is 5.96 Å². The van der Waals surface area contributed by atoms with Crippen LogP contribution in [-0.4, -0.2) is 31.4 Å². The van der Waals surface area contributed by atoms with Gasteiger partial charge in [0.25, 0.3) is 5.91 Å². The SMILES string of the molecule is CN=C(NCc1ccc(C(=O)NCC(N)=O)cc1)NCc1ccc(C)c(F)c1.I. The summed E-state index contributed by atoms with van der Waals surface area (Å²) in [6, 6.07) is 12.0. The molecule has 0 heterocycles. The zero-order valence-electron chi connectivity index (χ0n) is 16.3. The highest BCUT2D eigenvalue weighted by atomic mass is 127. The van der Waals surface area contributed by atoms with Crippen LogP contribution in [0.4, 0.5) is 4.39 Å². The van der Waals surface area contributed by atoms with Crippen LogP contribution in [0.15, 0.2) is 47.5 Å². The van der Waals surface area contributed by atoms with Gasteiger partial charge in [-0.05, 0) is 41.8 Å². The van der Waals surface area contributed by atoms with Crippen molar-refractivity contribution in [3.63, 3.8) is 0 Å².